The van der Waals surface area contributed by atoms with E-state index in [4.69, 9.17) is 0 Å². The van der Waals surface area contributed by atoms with Gasteiger partial charge in [-0.3, -0.25) is 0 Å². The first kappa shape index (κ1) is 14.6. The SMILES string of the molecule is CC(NC1CCCCC1)c1ccc(C(C)(C)C)cc1. The normalized spacial score (nSPS) is 19.4. The van der Waals surface area contributed by atoms with Crippen molar-refractivity contribution in [2.45, 2.75) is 77.3 Å². The van der Waals surface area contributed by atoms with Crippen LogP contribution in [-0.4, -0.2) is 6.04 Å². The van der Waals surface area contributed by atoms with Gasteiger partial charge < -0.3 is 5.32 Å². The molecule has 1 unspecified atom stereocenters. The molecule has 0 spiro atoms. The van der Waals surface area contributed by atoms with Crippen LogP contribution in [0.25, 0.3) is 0 Å². The second-order valence-electron chi connectivity index (χ2n) is 7.10. The van der Waals surface area contributed by atoms with E-state index in [-0.39, 0.29) is 5.41 Å². The maximum absolute atomic E-state index is 3.79. The van der Waals surface area contributed by atoms with Gasteiger partial charge in [0.25, 0.3) is 0 Å². The molecule has 1 saturated carbocycles. The minimum Gasteiger partial charge on any atom is -0.307 e. The number of hydrogen-bond acceptors (Lipinski definition) is 1. The van der Waals surface area contributed by atoms with Crippen molar-refractivity contribution in [3.8, 4) is 0 Å². The second-order valence-corrected chi connectivity index (χ2v) is 7.10. The summed E-state index contributed by atoms with van der Waals surface area (Å²) in [6, 6.07) is 10.4. The van der Waals surface area contributed by atoms with Crippen molar-refractivity contribution in [2.75, 3.05) is 0 Å². The Bertz CT molecular complexity index is 379. The van der Waals surface area contributed by atoms with E-state index in [0.717, 1.165) is 6.04 Å². The molecule has 0 bridgehead atoms. The van der Waals surface area contributed by atoms with Gasteiger partial charge in [0, 0.05) is 12.1 Å². The first-order valence-electron chi connectivity index (χ1n) is 7.83. The Morgan fingerprint density at radius 2 is 1.58 bits per heavy atom. The summed E-state index contributed by atoms with van der Waals surface area (Å²) in [7, 11) is 0. The average Bonchev–Trinajstić information content (AvgIpc) is 2.39. The zero-order chi connectivity index (χ0) is 13.9. The Labute approximate surface area is 118 Å². The molecule has 0 saturated heterocycles. The fourth-order valence-corrected chi connectivity index (χ4v) is 2.99. The van der Waals surface area contributed by atoms with Gasteiger partial charge in [-0.1, -0.05) is 64.3 Å². The van der Waals surface area contributed by atoms with Crippen LogP contribution in [0.5, 0.6) is 0 Å². The van der Waals surface area contributed by atoms with Crippen molar-refractivity contribution in [1.82, 2.24) is 5.32 Å². The summed E-state index contributed by atoms with van der Waals surface area (Å²) >= 11 is 0. The minimum absolute atomic E-state index is 0.249. The summed E-state index contributed by atoms with van der Waals surface area (Å²) in [4.78, 5) is 0. The van der Waals surface area contributed by atoms with Crippen LogP contribution >= 0.6 is 0 Å². The molecule has 0 aromatic heterocycles. The minimum atomic E-state index is 0.249. The van der Waals surface area contributed by atoms with Crippen LogP contribution in [-0.2, 0) is 5.41 Å². The van der Waals surface area contributed by atoms with Gasteiger partial charge in [0.15, 0.2) is 0 Å². The van der Waals surface area contributed by atoms with E-state index < -0.39 is 0 Å². The molecule has 1 aromatic carbocycles. The smallest absolute Gasteiger partial charge is 0.0294 e. The van der Waals surface area contributed by atoms with Crippen molar-refractivity contribution in [3.05, 3.63) is 35.4 Å². The Kier molecular flexibility index (Phi) is 4.67. The van der Waals surface area contributed by atoms with E-state index in [2.05, 4.69) is 57.3 Å². The number of rotatable bonds is 3. The van der Waals surface area contributed by atoms with Crippen LogP contribution in [0.1, 0.15) is 77.0 Å². The van der Waals surface area contributed by atoms with Crippen LogP contribution in [0.15, 0.2) is 24.3 Å². The van der Waals surface area contributed by atoms with Gasteiger partial charge in [0.1, 0.15) is 0 Å². The molecule has 0 amide bonds. The van der Waals surface area contributed by atoms with E-state index in [0.29, 0.717) is 6.04 Å². The van der Waals surface area contributed by atoms with Crippen molar-refractivity contribution < 1.29 is 0 Å². The van der Waals surface area contributed by atoms with Gasteiger partial charge in [-0.2, -0.15) is 0 Å². The number of hydrogen-bond donors (Lipinski definition) is 1. The summed E-state index contributed by atoms with van der Waals surface area (Å²) in [5.74, 6) is 0. The van der Waals surface area contributed by atoms with Crippen LogP contribution in [0.3, 0.4) is 0 Å². The van der Waals surface area contributed by atoms with Gasteiger partial charge in [0.2, 0.25) is 0 Å². The van der Waals surface area contributed by atoms with Crippen LogP contribution in [0.4, 0.5) is 0 Å². The summed E-state index contributed by atoms with van der Waals surface area (Å²) < 4.78 is 0. The average molecular weight is 259 g/mol. The molecule has 1 atom stereocenters. The van der Waals surface area contributed by atoms with Crippen LogP contribution in [0.2, 0.25) is 0 Å². The zero-order valence-electron chi connectivity index (χ0n) is 13.0. The van der Waals surface area contributed by atoms with Gasteiger partial charge in [-0.15, -0.1) is 0 Å². The molecule has 1 aliphatic rings. The van der Waals surface area contributed by atoms with E-state index >= 15 is 0 Å². The number of benzene rings is 1. The number of nitrogens with one attached hydrogen (secondary N) is 1. The molecule has 1 aliphatic carbocycles. The highest BCUT2D eigenvalue weighted by Gasteiger charge is 2.17. The fourth-order valence-electron chi connectivity index (χ4n) is 2.99. The lowest BCUT2D eigenvalue weighted by Gasteiger charge is -2.27. The van der Waals surface area contributed by atoms with Gasteiger partial charge >= 0.3 is 0 Å². The fraction of sp³-hybridized carbons (Fsp3) is 0.667. The molecule has 19 heavy (non-hydrogen) atoms. The largest absolute Gasteiger partial charge is 0.307 e. The second kappa shape index (κ2) is 6.09. The third kappa shape index (κ3) is 4.07. The van der Waals surface area contributed by atoms with Crippen LogP contribution in [0, 0.1) is 0 Å². The zero-order valence-corrected chi connectivity index (χ0v) is 13.0. The first-order chi connectivity index (χ1) is 8.97. The monoisotopic (exact) mass is 259 g/mol. The standard InChI is InChI=1S/C18H29N/c1-14(19-17-8-6-5-7-9-17)15-10-12-16(13-11-15)18(2,3)4/h10-14,17,19H,5-9H2,1-4H3. The Balaban J connectivity index is 1.97. The summed E-state index contributed by atoms with van der Waals surface area (Å²) in [5.41, 5.74) is 3.08. The van der Waals surface area contributed by atoms with E-state index in [1.165, 1.54) is 43.2 Å². The topological polar surface area (TPSA) is 12.0 Å². The molecular weight excluding hydrogens is 230 g/mol. The van der Waals surface area contributed by atoms with Crippen LogP contribution < -0.4 is 5.32 Å². The third-order valence-electron chi connectivity index (χ3n) is 4.37. The molecule has 1 aromatic rings. The quantitative estimate of drug-likeness (QED) is 0.808. The van der Waals surface area contributed by atoms with Gasteiger partial charge in [0.05, 0.1) is 0 Å². The third-order valence-corrected chi connectivity index (χ3v) is 4.37. The van der Waals surface area contributed by atoms with Crippen molar-refractivity contribution in [1.29, 1.82) is 0 Å². The molecule has 1 nitrogen and oxygen atoms in total. The summed E-state index contributed by atoms with van der Waals surface area (Å²) in [5, 5.41) is 3.79. The van der Waals surface area contributed by atoms with Gasteiger partial charge in [-0.25, -0.2) is 0 Å². The molecule has 2 rings (SSSR count). The summed E-state index contributed by atoms with van der Waals surface area (Å²) in [6.07, 6.45) is 6.92. The summed E-state index contributed by atoms with van der Waals surface area (Å²) in [6.45, 7) is 9.10. The molecule has 1 N–H and O–H groups in total. The molecule has 1 fully saturated rings. The van der Waals surface area contributed by atoms with E-state index in [9.17, 15) is 0 Å². The van der Waals surface area contributed by atoms with E-state index in [1.807, 2.05) is 0 Å². The Hall–Kier alpha value is -0.820. The molecule has 1 heteroatoms. The van der Waals surface area contributed by atoms with E-state index in [1.54, 1.807) is 0 Å². The van der Waals surface area contributed by atoms with Gasteiger partial charge in [-0.05, 0) is 36.3 Å². The predicted octanol–water partition coefficient (Wildman–Crippen LogP) is 4.97. The lowest BCUT2D eigenvalue weighted by atomic mass is 9.86. The highest BCUT2D eigenvalue weighted by molar-refractivity contribution is 5.29. The lowest BCUT2D eigenvalue weighted by molar-refractivity contribution is 0.347. The Morgan fingerprint density at radius 3 is 2.11 bits per heavy atom. The molecule has 106 valence electrons. The maximum atomic E-state index is 3.79. The first-order valence-corrected chi connectivity index (χ1v) is 7.83. The predicted molar refractivity (Wildman–Crippen MR) is 83.6 cm³/mol. The lowest BCUT2D eigenvalue weighted by Crippen LogP contribution is -2.33. The molecule has 0 heterocycles. The molecule has 0 aliphatic heterocycles. The van der Waals surface area contributed by atoms with Crippen molar-refractivity contribution >= 4 is 0 Å². The maximum Gasteiger partial charge on any atom is 0.0294 e. The highest BCUT2D eigenvalue weighted by atomic mass is 14.9. The molecule has 0 radical (unpaired) electrons. The Morgan fingerprint density at radius 1 is 1.00 bits per heavy atom. The van der Waals surface area contributed by atoms with Crippen molar-refractivity contribution in [2.24, 2.45) is 0 Å². The van der Waals surface area contributed by atoms with Crippen molar-refractivity contribution in [3.63, 3.8) is 0 Å². The molecular formula is C18H29N. The highest BCUT2D eigenvalue weighted by Crippen LogP contribution is 2.25.